The van der Waals surface area contributed by atoms with Gasteiger partial charge in [-0.15, -0.1) is 0 Å². The number of hydrogen-bond donors (Lipinski definition) is 1. The molecule has 0 saturated carbocycles. The molecule has 5 nitrogen and oxygen atoms in total. The van der Waals surface area contributed by atoms with Crippen molar-refractivity contribution in [1.82, 2.24) is 4.31 Å². The monoisotopic (exact) mass is 299 g/mol. The van der Waals surface area contributed by atoms with E-state index in [9.17, 15) is 13.5 Å². The SMILES string of the molecule is COC1CCN(S(=O)(=O)c2cccc(CO)c2C)CC1. The summed E-state index contributed by atoms with van der Waals surface area (Å²) in [6.45, 7) is 2.54. The fourth-order valence-electron chi connectivity index (χ4n) is 2.56. The van der Waals surface area contributed by atoms with E-state index in [2.05, 4.69) is 0 Å². The van der Waals surface area contributed by atoms with Crippen molar-refractivity contribution < 1.29 is 18.3 Å². The standard InChI is InChI=1S/C14H21NO4S/c1-11-12(10-16)4-3-5-14(11)20(17,18)15-8-6-13(19-2)7-9-15/h3-5,13,16H,6-10H2,1-2H3. The highest BCUT2D eigenvalue weighted by atomic mass is 32.2. The van der Waals surface area contributed by atoms with Gasteiger partial charge in [-0.3, -0.25) is 0 Å². The lowest BCUT2D eigenvalue weighted by atomic mass is 10.1. The summed E-state index contributed by atoms with van der Waals surface area (Å²) in [7, 11) is -1.83. The van der Waals surface area contributed by atoms with E-state index in [4.69, 9.17) is 4.74 Å². The maximum absolute atomic E-state index is 12.7. The lowest BCUT2D eigenvalue weighted by Gasteiger charge is -2.31. The summed E-state index contributed by atoms with van der Waals surface area (Å²) in [6.07, 6.45) is 1.58. The summed E-state index contributed by atoms with van der Waals surface area (Å²) >= 11 is 0. The zero-order valence-electron chi connectivity index (χ0n) is 11.9. The molecule has 0 aromatic heterocycles. The van der Waals surface area contributed by atoms with Gasteiger partial charge < -0.3 is 9.84 Å². The Balaban J connectivity index is 2.27. The van der Waals surface area contributed by atoms with Crippen LogP contribution in [0.1, 0.15) is 24.0 Å². The van der Waals surface area contributed by atoms with Gasteiger partial charge in [0.15, 0.2) is 0 Å². The molecule has 0 aliphatic carbocycles. The lowest BCUT2D eigenvalue weighted by Crippen LogP contribution is -2.40. The molecule has 1 saturated heterocycles. The number of piperidine rings is 1. The predicted octanol–water partition coefficient (Wildman–Crippen LogP) is 1.29. The molecule has 1 fully saturated rings. The summed E-state index contributed by atoms with van der Waals surface area (Å²) in [6, 6.07) is 5.02. The first kappa shape index (κ1) is 15.4. The third kappa shape index (κ3) is 2.88. The molecule has 1 aromatic rings. The van der Waals surface area contributed by atoms with Gasteiger partial charge in [-0.25, -0.2) is 8.42 Å². The second-order valence-electron chi connectivity index (χ2n) is 5.04. The number of rotatable bonds is 4. The second kappa shape index (κ2) is 6.22. The number of hydrogen-bond acceptors (Lipinski definition) is 4. The minimum Gasteiger partial charge on any atom is -0.392 e. The molecule has 1 aliphatic heterocycles. The second-order valence-corrected chi connectivity index (χ2v) is 6.94. The van der Waals surface area contributed by atoms with Gasteiger partial charge >= 0.3 is 0 Å². The average Bonchev–Trinajstić information content (AvgIpc) is 2.47. The van der Waals surface area contributed by atoms with Crippen LogP contribution >= 0.6 is 0 Å². The van der Waals surface area contributed by atoms with Crippen molar-refractivity contribution in [2.75, 3.05) is 20.2 Å². The number of benzene rings is 1. The molecule has 6 heteroatoms. The topological polar surface area (TPSA) is 66.8 Å². The van der Waals surface area contributed by atoms with Crippen molar-refractivity contribution in [2.24, 2.45) is 0 Å². The number of methoxy groups -OCH3 is 1. The van der Waals surface area contributed by atoms with Gasteiger partial charge in [0.25, 0.3) is 0 Å². The first-order chi connectivity index (χ1) is 9.50. The fraction of sp³-hybridized carbons (Fsp3) is 0.571. The smallest absolute Gasteiger partial charge is 0.243 e. The molecular formula is C14H21NO4S. The van der Waals surface area contributed by atoms with E-state index >= 15 is 0 Å². The Kier molecular flexibility index (Phi) is 4.80. The van der Waals surface area contributed by atoms with E-state index in [1.54, 1.807) is 32.2 Å². The van der Waals surface area contributed by atoms with Crippen LogP contribution in [0, 0.1) is 6.92 Å². The molecule has 1 aliphatic rings. The van der Waals surface area contributed by atoms with E-state index in [-0.39, 0.29) is 12.7 Å². The molecule has 0 atom stereocenters. The Morgan fingerprint density at radius 2 is 2.00 bits per heavy atom. The van der Waals surface area contributed by atoms with E-state index in [1.807, 2.05) is 0 Å². The molecule has 0 spiro atoms. The zero-order valence-corrected chi connectivity index (χ0v) is 12.7. The summed E-state index contributed by atoms with van der Waals surface area (Å²) in [5, 5.41) is 9.26. The molecule has 0 unspecified atom stereocenters. The van der Waals surface area contributed by atoms with Crippen LogP contribution in [0.4, 0.5) is 0 Å². The molecule has 2 rings (SSSR count). The highest BCUT2D eigenvalue weighted by Crippen LogP contribution is 2.25. The van der Waals surface area contributed by atoms with Crippen LogP contribution in [0.15, 0.2) is 23.1 Å². The van der Waals surface area contributed by atoms with Crippen LogP contribution in [-0.4, -0.2) is 44.1 Å². The fourth-order valence-corrected chi connectivity index (χ4v) is 4.30. The summed E-state index contributed by atoms with van der Waals surface area (Å²) in [5.74, 6) is 0. The number of aliphatic hydroxyl groups is 1. The normalized spacial score (nSPS) is 18.4. The van der Waals surface area contributed by atoms with Crippen LogP contribution in [-0.2, 0) is 21.4 Å². The highest BCUT2D eigenvalue weighted by molar-refractivity contribution is 7.89. The molecule has 0 amide bonds. The largest absolute Gasteiger partial charge is 0.392 e. The van der Waals surface area contributed by atoms with Gasteiger partial charge in [0.2, 0.25) is 10.0 Å². The van der Waals surface area contributed by atoms with Gasteiger partial charge in [0, 0.05) is 20.2 Å². The third-order valence-electron chi connectivity index (χ3n) is 3.92. The van der Waals surface area contributed by atoms with Gasteiger partial charge in [-0.1, -0.05) is 12.1 Å². The van der Waals surface area contributed by atoms with Crippen molar-refractivity contribution in [3.05, 3.63) is 29.3 Å². The number of sulfonamides is 1. The molecule has 1 heterocycles. The Labute approximate surface area is 120 Å². The molecular weight excluding hydrogens is 278 g/mol. The molecule has 112 valence electrons. The minimum atomic E-state index is -3.49. The van der Waals surface area contributed by atoms with Crippen LogP contribution in [0.5, 0.6) is 0 Å². The first-order valence-electron chi connectivity index (χ1n) is 6.73. The molecule has 20 heavy (non-hydrogen) atoms. The predicted molar refractivity (Wildman–Crippen MR) is 75.9 cm³/mol. The van der Waals surface area contributed by atoms with Crippen molar-refractivity contribution in [3.63, 3.8) is 0 Å². The van der Waals surface area contributed by atoms with Crippen molar-refractivity contribution in [2.45, 2.75) is 37.4 Å². The maximum atomic E-state index is 12.7. The Morgan fingerprint density at radius 1 is 1.35 bits per heavy atom. The van der Waals surface area contributed by atoms with Crippen LogP contribution in [0.2, 0.25) is 0 Å². The van der Waals surface area contributed by atoms with Crippen LogP contribution in [0.25, 0.3) is 0 Å². The van der Waals surface area contributed by atoms with Crippen LogP contribution in [0.3, 0.4) is 0 Å². The summed E-state index contributed by atoms with van der Waals surface area (Å²) in [4.78, 5) is 0.292. The zero-order chi connectivity index (χ0) is 14.8. The van der Waals surface area contributed by atoms with Crippen LogP contribution < -0.4 is 0 Å². The number of nitrogens with zero attached hydrogens (tertiary/aromatic N) is 1. The number of ether oxygens (including phenoxy) is 1. The van der Waals surface area contributed by atoms with Crippen molar-refractivity contribution >= 4 is 10.0 Å². The number of aliphatic hydroxyl groups excluding tert-OH is 1. The summed E-state index contributed by atoms with van der Waals surface area (Å²) < 4.78 is 32.1. The van der Waals surface area contributed by atoms with E-state index in [1.165, 1.54) is 4.31 Å². The van der Waals surface area contributed by atoms with Crippen molar-refractivity contribution in [3.8, 4) is 0 Å². The maximum Gasteiger partial charge on any atom is 0.243 e. The summed E-state index contributed by atoms with van der Waals surface area (Å²) in [5.41, 5.74) is 1.28. The Bertz CT molecular complexity index is 563. The quantitative estimate of drug-likeness (QED) is 0.909. The van der Waals surface area contributed by atoms with Gasteiger partial charge in [-0.05, 0) is 37.0 Å². The minimum absolute atomic E-state index is 0.145. The first-order valence-corrected chi connectivity index (χ1v) is 8.17. The third-order valence-corrected chi connectivity index (χ3v) is 5.96. The van der Waals surface area contributed by atoms with Gasteiger partial charge in [0.05, 0.1) is 17.6 Å². The van der Waals surface area contributed by atoms with E-state index in [0.717, 1.165) is 0 Å². The Hall–Kier alpha value is -0.950. The average molecular weight is 299 g/mol. The molecule has 1 N–H and O–H groups in total. The van der Waals surface area contributed by atoms with Gasteiger partial charge in [0.1, 0.15) is 0 Å². The molecule has 0 radical (unpaired) electrons. The molecule has 1 aromatic carbocycles. The van der Waals surface area contributed by atoms with Crippen molar-refractivity contribution in [1.29, 1.82) is 0 Å². The highest BCUT2D eigenvalue weighted by Gasteiger charge is 2.30. The lowest BCUT2D eigenvalue weighted by molar-refractivity contribution is 0.0604. The van der Waals surface area contributed by atoms with E-state index in [0.29, 0.717) is 42.0 Å². The van der Waals surface area contributed by atoms with E-state index < -0.39 is 10.0 Å². The molecule has 0 bridgehead atoms. The van der Waals surface area contributed by atoms with Gasteiger partial charge in [-0.2, -0.15) is 4.31 Å². The Morgan fingerprint density at radius 3 is 2.55 bits per heavy atom.